The van der Waals surface area contributed by atoms with E-state index in [-0.39, 0.29) is 11.4 Å². The molecular weight excluding hydrogens is 238 g/mol. The fourth-order valence-electron chi connectivity index (χ4n) is 1.89. The lowest BCUT2D eigenvalue weighted by atomic mass is 10.0. The van der Waals surface area contributed by atoms with Gasteiger partial charge >= 0.3 is 0 Å². The third-order valence-corrected chi connectivity index (χ3v) is 3.07. The van der Waals surface area contributed by atoms with Gasteiger partial charge in [-0.3, -0.25) is 4.79 Å². The van der Waals surface area contributed by atoms with E-state index in [0.29, 0.717) is 23.6 Å². The Balaban J connectivity index is 2.17. The van der Waals surface area contributed by atoms with Crippen molar-refractivity contribution in [2.75, 3.05) is 11.9 Å². The lowest BCUT2D eigenvalue weighted by Gasteiger charge is -2.24. The predicted octanol–water partition coefficient (Wildman–Crippen LogP) is 1.90. The van der Waals surface area contributed by atoms with Gasteiger partial charge in [-0.25, -0.2) is 0 Å². The van der Waals surface area contributed by atoms with Crippen LogP contribution in [0, 0.1) is 11.3 Å². The number of hydrogen-bond acceptors (Lipinski definition) is 3. The second kappa shape index (κ2) is 4.27. The first-order valence-corrected chi connectivity index (χ1v) is 5.65. The summed E-state index contributed by atoms with van der Waals surface area (Å²) in [5.74, 6) is 0.0414. The molecule has 1 atom stereocenters. The van der Waals surface area contributed by atoms with Gasteiger partial charge in [0.1, 0.15) is 6.07 Å². The predicted molar refractivity (Wildman–Crippen MR) is 65.8 cm³/mol. The number of nitrogens with zero attached hydrogens (tertiary/aromatic N) is 1. The SMILES string of the molecule is C[C@@]1(Nc2ccc(C#N)c(Cl)c2)CNC(=O)C1. The maximum Gasteiger partial charge on any atom is 0.222 e. The molecule has 1 aliphatic rings. The molecule has 88 valence electrons. The van der Waals surface area contributed by atoms with Crippen LogP contribution in [-0.2, 0) is 4.79 Å². The second-order valence-corrected chi connectivity index (χ2v) is 4.85. The topological polar surface area (TPSA) is 64.9 Å². The van der Waals surface area contributed by atoms with Crippen LogP contribution in [0.5, 0.6) is 0 Å². The molecule has 1 fully saturated rings. The molecule has 0 radical (unpaired) electrons. The van der Waals surface area contributed by atoms with E-state index in [1.807, 2.05) is 13.0 Å². The van der Waals surface area contributed by atoms with Gasteiger partial charge in [-0.1, -0.05) is 11.6 Å². The fourth-order valence-corrected chi connectivity index (χ4v) is 2.12. The highest BCUT2D eigenvalue weighted by atomic mass is 35.5. The smallest absolute Gasteiger partial charge is 0.222 e. The van der Waals surface area contributed by atoms with E-state index in [4.69, 9.17) is 16.9 Å². The van der Waals surface area contributed by atoms with Gasteiger partial charge < -0.3 is 10.6 Å². The van der Waals surface area contributed by atoms with Crippen molar-refractivity contribution in [1.82, 2.24) is 5.32 Å². The molecule has 2 N–H and O–H groups in total. The lowest BCUT2D eigenvalue weighted by molar-refractivity contribution is -0.119. The van der Waals surface area contributed by atoms with E-state index in [1.54, 1.807) is 18.2 Å². The van der Waals surface area contributed by atoms with Crippen molar-refractivity contribution in [2.45, 2.75) is 18.9 Å². The molecule has 5 heteroatoms. The van der Waals surface area contributed by atoms with Crippen molar-refractivity contribution in [3.05, 3.63) is 28.8 Å². The number of hydrogen-bond donors (Lipinski definition) is 2. The molecule has 2 rings (SSSR count). The number of halogens is 1. The quantitative estimate of drug-likeness (QED) is 0.841. The summed E-state index contributed by atoms with van der Waals surface area (Å²) in [7, 11) is 0. The van der Waals surface area contributed by atoms with Crippen molar-refractivity contribution in [3.63, 3.8) is 0 Å². The van der Waals surface area contributed by atoms with Crippen LogP contribution in [0.3, 0.4) is 0 Å². The molecule has 1 amide bonds. The molecule has 0 aliphatic carbocycles. The summed E-state index contributed by atoms with van der Waals surface area (Å²) in [5, 5.41) is 15.2. The Bertz CT molecular complexity index is 509. The summed E-state index contributed by atoms with van der Waals surface area (Å²) in [6.07, 6.45) is 0.435. The summed E-state index contributed by atoms with van der Waals surface area (Å²) >= 11 is 5.94. The number of nitrogens with one attached hydrogen (secondary N) is 2. The van der Waals surface area contributed by atoms with Gasteiger partial charge in [0.05, 0.1) is 22.5 Å². The third kappa shape index (κ3) is 2.51. The first kappa shape index (κ1) is 11.7. The number of carbonyl (C=O) groups is 1. The zero-order valence-corrected chi connectivity index (χ0v) is 10.1. The molecule has 0 aromatic heterocycles. The highest BCUT2D eigenvalue weighted by molar-refractivity contribution is 6.32. The van der Waals surface area contributed by atoms with Crippen LogP contribution in [-0.4, -0.2) is 18.0 Å². The van der Waals surface area contributed by atoms with Gasteiger partial charge in [-0.15, -0.1) is 0 Å². The van der Waals surface area contributed by atoms with Gasteiger partial charge in [-0.05, 0) is 25.1 Å². The van der Waals surface area contributed by atoms with Gasteiger partial charge in [0.2, 0.25) is 5.91 Å². The molecule has 1 aliphatic heterocycles. The largest absolute Gasteiger partial charge is 0.378 e. The highest BCUT2D eigenvalue weighted by Gasteiger charge is 2.33. The second-order valence-electron chi connectivity index (χ2n) is 4.45. The molecule has 1 saturated heterocycles. The Morgan fingerprint density at radius 2 is 2.35 bits per heavy atom. The summed E-state index contributed by atoms with van der Waals surface area (Å²) in [6.45, 7) is 2.56. The van der Waals surface area contributed by atoms with Gasteiger partial charge in [0.15, 0.2) is 0 Å². The van der Waals surface area contributed by atoms with E-state index in [2.05, 4.69) is 10.6 Å². The number of benzene rings is 1. The molecule has 1 aromatic carbocycles. The Kier molecular flexibility index (Phi) is 2.95. The van der Waals surface area contributed by atoms with Crippen molar-refractivity contribution in [1.29, 1.82) is 5.26 Å². The normalized spacial score (nSPS) is 23.0. The first-order chi connectivity index (χ1) is 8.02. The Labute approximate surface area is 105 Å². The molecule has 4 nitrogen and oxygen atoms in total. The summed E-state index contributed by atoms with van der Waals surface area (Å²) in [5.41, 5.74) is 0.963. The van der Waals surface area contributed by atoms with Crippen molar-refractivity contribution < 1.29 is 4.79 Å². The zero-order chi connectivity index (χ0) is 12.5. The van der Waals surface area contributed by atoms with Crippen LogP contribution in [0.2, 0.25) is 5.02 Å². The first-order valence-electron chi connectivity index (χ1n) is 5.27. The van der Waals surface area contributed by atoms with Gasteiger partial charge in [0.25, 0.3) is 0 Å². The third-order valence-electron chi connectivity index (χ3n) is 2.76. The number of nitriles is 1. The van der Waals surface area contributed by atoms with E-state index in [0.717, 1.165) is 5.69 Å². The molecule has 1 aromatic rings. The van der Waals surface area contributed by atoms with Crippen molar-refractivity contribution >= 4 is 23.2 Å². The van der Waals surface area contributed by atoms with Crippen LogP contribution in [0.1, 0.15) is 18.9 Å². The molecule has 1 heterocycles. The van der Waals surface area contributed by atoms with E-state index in [9.17, 15) is 4.79 Å². The summed E-state index contributed by atoms with van der Waals surface area (Å²) < 4.78 is 0. The van der Waals surface area contributed by atoms with Gasteiger partial charge in [-0.2, -0.15) is 5.26 Å². The Morgan fingerprint density at radius 3 is 2.88 bits per heavy atom. The minimum absolute atomic E-state index is 0.0414. The van der Waals surface area contributed by atoms with Crippen LogP contribution in [0.25, 0.3) is 0 Å². The standard InChI is InChI=1S/C12H12ClN3O/c1-12(5-11(17)15-7-12)16-9-3-2-8(6-14)10(13)4-9/h2-4,16H,5,7H2,1H3,(H,15,17)/t12-/m0/s1. The molecule has 0 bridgehead atoms. The van der Waals surface area contributed by atoms with E-state index >= 15 is 0 Å². The number of carbonyl (C=O) groups excluding carboxylic acids is 1. The average Bonchev–Trinajstić information content (AvgIpc) is 2.58. The zero-order valence-electron chi connectivity index (χ0n) is 9.38. The van der Waals surface area contributed by atoms with Crippen molar-refractivity contribution in [2.24, 2.45) is 0 Å². The average molecular weight is 250 g/mol. The molecule has 0 saturated carbocycles. The number of rotatable bonds is 2. The van der Waals surface area contributed by atoms with Crippen LogP contribution >= 0.6 is 11.6 Å². The number of anilines is 1. The summed E-state index contributed by atoms with van der Waals surface area (Å²) in [4.78, 5) is 11.2. The monoisotopic (exact) mass is 249 g/mol. The van der Waals surface area contributed by atoms with Crippen LogP contribution in [0.15, 0.2) is 18.2 Å². The Morgan fingerprint density at radius 1 is 1.59 bits per heavy atom. The highest BCUT2D eigenvalue weighted by Crippen LogP contribution is 2.25. The molecule has 17 heavy (non-hydrogen) atoms. The van der Waals surface area contributed by atoms with Crippen LogP contribution in [0.4, 0.5) is 5.69 Å². The van der Waals surface area contributed by atoms with E-state index < -0.39 is 0 Å². The van der Waals surface area contributed by atoms with E-state index in [1.165, 1.54) is 0 Å². The molecule has 0 spiro atoms. The van der Waals surface area contributed by atoms with Crippen molar-refractivity contribution in [3.8, 4) is 6.07 Å². The van der Waals surface area contributed by atoms with Gasteiger partial charge in [0, 0.05) is 12.2 Å². The minimum atomic E-state index is -0.297. The fraction of sp³-hybridized carbons (Fsp3) is 0.333. The Hall–Kier alpha value is -1.73. The number of amides is 1. The maximum absolute atomic E-state index is 11.2. The maximum atomic E-state index is 11.2. The minimum Gasteiger partial charge on any atom is -0.378 e. The van der Waals surface area contributed by atoms with Crippen LogP contribution < -0.4 is 10.6 Å². The molecular formula is C12H12ClN3O. The molecule has 0 unspecified atom stereocenters. The lowest BCUT2D eigenvalue weighted by Crippen LogP contribution is -2.36. The summed E-state index contributed by atoms with van der Waals surface area (Å²) in [6, 6.07) is 7.16.